The van der Waals surface area contributed by atoms with Crippen LogP contribution in [0, 0.1) is 5.92 Å². The van der Waals surface area contributed by atoms with Crippen LogP contribution in [0.25, 0.3) is 0 Å². The Balaban J connectivity index is 2.02. The van der Waals surface area contributed by atoms with Crippen LogP contribution in [0.4, 0.5) is 0 Å². The summed E-state index contributed by atoms with van der Waals surface area (Å²) < 4.78 is 0. The van der Waals surface area contributed by atoms with Crippen molar-refractivity contribution in [3.8, 4) is 0 Å². The van der Waals surface area contributed by atoms with E-state index in [-0.39, 0.29) is 23.8 Å². The maximum absolute atomic E-state index is 12.8. The van der Waals surface area contributed by atoms with Crippen LogP contribution in [-0.4, -0.2) is 53.3 Å². The predicted molar refractivity (Wildman–Crippen MR) is 87.2 cm³/mol. The van der Waals surface area contributed by atoms with Gasteiger partial charge in [0.1, 0.15) is 6.04 Å². The van der Waals surface area contributed by atoms with Gasteiger partial charge < -0.3 is 15.5 Å². The van der Waals surface area contributed by atoms with Crippen molar-refractivity contribution < 1.29 is 9.59 Å². The number of carbonyl (C=O) groups excluding carboxylic acids is 2. The predicted octanol–water partition coefficient (Wildman–Crippen LogP) is 1.75. The molecule has 0 aromatic heterocycles. The second-order valence-corrected chi connectivity index (χ2v) is 7.20. The molecule has 2 aliphatic rings. The van der Waals surface area contributed by atoms with Crippen molar-refractivity contribution in [1.29, 1.82) is 0 Å². The summed E-state index contributed by atoms with van der Waals surface area (Å²) in [6.07, 6.45) is 7.53. The van der Waals surface area contributed by atoms with Gasteiger partial charge in [-0.05, 0) is 31.6 Å². The summed E-state index contributed by atoms with van der Waals surface area (Å²) in [4.78, 5) is 29.0. The van der Waals surface area contributed by atoms with Gasteiger partial charge in [0.15, 0.2) is 0 Å². The molecule has 0 bridgehead atoms. The highest BCUT2D eigenvalue weighted by Crippen LogP contribution is 2.26. The van der Waals surface area contributed by atoms with E-state index in [1.54, 1.807) is 4.90 Å². The van der Waals surface area contributed by atoms with Gasteiger partial charge in [-0.2, -0.15) is 0 Å². The normalized spacial score (nSPS) is 24.6. The van der Waals surface area contributed by atoms with Gasteiger partial charge in [-0.25, -0.2) is 0 Å². The molecule has 1 heterocycles. The highest BCUT2D eigenvalue weighted by molar-refractivity contribution is 5.90. The van der Waals surface area contributed by atoms with Crippen molar-refractivity contribution in [3.05, 3.63) is 0 Å². The van der Waals surface area contributed by atoms with E-state index >= 15 is 0 Å². The van der Waals surface area contributed by atoms with Crippen molar-refractivity contribution in [2.45, 2.75) is 76.9 Å². The average molecular weight is 309 g/mol. The molecule has 0 unspecified atom stereocenters. The van der Waals surface area contributed by atoms with E-state index < -0.39 is 6.04 Å². The zero-order valence-corrected chi connectivity index (χ0v) is 14.3. The Kier molecular flexibility index (Phi) is 5.84. The van der Waals surface area contributed by atoms with E-state index in [4.69, 9.17) is 5.73 Å². The molecule has 2 atom stereocenters. The van der Waals surface area contributed by atoms with Crippen LogP contribution in [0.2, 0.25) is 0 Å². The zero-order valence-electron chi connectivity index (χ0n) is 14.3. The topological polar surface area (TPSA) is 66.6 Å². The van der Waals surface area contributed by atoms with Gasteiger partial charge in [0.25, 0.3) is 0 Å². The highest BCUT2D eigenvalue weighted by atomic mass is 16.2. The van der Waals surface area contributed by atoms with Crippen molar-refractivity contribution in [3.63, 3.8) is 0 Å². The monoisotopic (exact) mass is 309 g/mol. The maximum atomic E-state index is 12.8. The van der Waals surface area contributed by atoms with Crippen molar-refractivity contribution >= 4 is 11.8 Å². The molecule has 1 saturated heterocycles. The van der Waals surface area contributed by atoms with Crippen LogP contribution in [0.15, 0.2) is 0 Å². The highest BCUT2D eigenvalue weighted by Gasteiger charge is 2.39. The lowest BCUT2D eigenvalue weighted by atomic mass is 9.94. The van der Waals surface area contributed by atoms with E-state index in [9.17, 15) is 9.59 Å². The summed E-state index contributed by atoms with van der Waals surface area (Å²) in [6, 6.07) is -0.463. The maximum Gasteiger partial charge on any atom is 0.245 e. The van der Waals surface area contributed by atoms with Gasteiger partial charge in [-0.15, -0.1) is 0 Å². The third kappa shape index (κ3) is 3.62. The number of nitrogens with two attached hydrogens (primary N) is 1. The Labute approximate surface area is 134 Å². The Morgan fingerprint density at radius 2 is 1.73 bits per heavy atom. The fourth-order valence-electron chi connectivity index (χ4n) is 3.65. The first-order chi connectivity index (χ1) is 10.4. The molecule has 1 saturated carbocycles. The van der Waals surface area contributed by atoms with Crippen LogP contribution in [-0.2, 0) is 9.59 Å². The van der Waals surface area contributed by atoms with Crippen LogP contribution >= 0.6 is 0 Å². The second-order valence-electron chi connectivity index (χ2n) is 7.20. The molecule has 0 aromatic carbocycles. The SMILES string of the molecule is CC(C)[C@H](N)C(=O)N1CCC[C@H]1C(=O)N(C)C1CCCCC1. The summed E-state index contributed by atoms with van der Waals surface area (Å²) in [7, 11) is 1.90. The Morgan fingerprint density at radius 3 is 2.32 bits per heavy atom. The van der Waals surface area contributed by atoms with E-state index in [1.165, 1.54) is 19.3 Å². The lowest BCUT2D eigenvalue weighted by Gasteiger charge is -2.36. The standard InChI is InChI=1S/C17H31N3O2/c1-12(2)15(18)17(22)20-11-7-10-14(20)16(21)19(3)13-8-5-4-6-9-13/h12-15H,4-11,18H2,1-3H3/t14-,15-/m0/s1. The molecule has 5 heteroatoms. The Morgan fingerprint density at radius 1 is 1.09 bits per heavy atom. The quantitative estimate of drug-likeness (QED) is 0.860. The van der Waals surface area contributed by atoms with Crippen LogP contribution in [0.5, 0.6) is 0 Å². The van der Waals surface area contributed by atoms with Crippen molar-refractivity contribution in [2.75, 3.05) is 13.6 Å². The number of hydrogen-bond acceptors (Lipinski definition) is 3. The molecule has 1 aliphatic carbocycles. The van der Waals surface area contributed by atoms with Gasteiger partial charge in [-0.1, -0.05) is 33.1 Å². The minimum Gasteiger partial charge on any atom is -0.341 e. The molecule has 2 amide bonds. The molecule has 1 aliphatic heterocycles. The summed E-state index contributed by atoms with van der Waals surface area (Å²) >= 11 is 0. The first-order valence-corrected chi connectivity index (χ1v) is 8.76. The molecule has 126 valence electrons. The number of amides is 2. The van der Waals surface area contributed by atoms with Crippen LogP contribution < -0.4 is 5.73 Å². The fourth-order valence-corrected chi connectivity index (χ4v) is 3.65. The minimum atomic E-state index is -0.506. The third-order valence-electron chi connectivity index (χ3n) is 5.29. The smallest absolute Gasteiger partial charge is 0.245 e. The first-order valence-electron chi connectivity index (χ1n) is 8.76. The summed E-state index contributed by atoms with van der Waals surface area (Å²) in [6.45, 7) is 4.56. The lowest BCUT2D eigenvalue weighted by molar-refractivity contribution is -0.145. The molecule has 0 aromatic rings. The number of hydrogen-bond donors (Lipinski definition) is 1. The fraction of sp³-hybridized carbons (Fsp3) is 0.882. The molecule has 2 fully saturated rings. The van der Waals surface area contributed by atoms with Gasteiger partial charge in [-0.3, -0.25) is 9.59 Å². The lowest BCUT2D eigenvalue weighted by Crippen LogP contribution is -2.54. The van der Waals surface area contributed by atoms with Gasteiger partial charge in [0.05, 0.1) is 6.04 Å². The number of likely N-dealkylation sites (tertiary alicyclic amines) is 1. The summed E-state index contributed by atoms with van der Waals surface area (Å²) in [5.74, 6) is 0.136. The van der Waals surface area contributed by atoms with Gasteiger partial charge >= 0.3 is 0 Å². The number of rotatable bonds is 4. The zero-order chi connectivity index (χ0) is 16.3. The summed E-state index contributed by atoms with van der Waals surface area (Å²) in [5.41, 5.74) is 6.00. The van der Waals surface area contributed by atoms with Gasteiger partial charge in [0, 0.05) is 19.6 Å². The molecule has 0 spiro atoms. The number of nitrogens with zero attached hydrogens (tertiary/aromatic N) is 2. The number of likely N-dealkylation sites (N-methyl/N-ethyl adjacent to an activating group) is 1. The molecule has 22 heavy (non-hydrogen) atoms. The molecule has 0 radical (unpaired) electrons. The Bertz CT molecular complexity index is 405. The molecular formula is C17H31N3O2. The molecular weight excluding hydrogens is 278 g/mol. The second kappa shape index (κ2) is 7.44. The van der Waals surface area contributed by atoms with Crippen LogP contribution in [0.3, 0.4) is 0 Å². The van der Waals surface area contributed by atoms with E-state index in [0.717, 1.165) is 25.7 Å². The largest absolute Gasteiger partial charge is 0.341 e. The molecule has 5 nitrogen and oxygen atoms in total. The third-order valence-corrected chi connectivity index (χ3v) is 5.29. The van der Waals surface area contributed by atoms with Crippen molar-refractivity contribution in [1.82, 2.24) is 9.80 Å². The summed E-state index contributed by atoms with van der Waals surface area (Å²) in [5, 5.41) is 0. The van der Waals surface area contributed by atoms with E-state index in [1.807, 2.05) is 25.8 Å². The van der Waals surface area contributed by atoms with Gasteiger partial charge in [0.2, 0.25) is 11.8 Å². The van der Waals surface area contributed by atoms with E-state index in [2.05, 4.69) is 0 Å². The van der Waals surface area contributed by atoms with E-state index in [0.29, 0.717) is 12.6 Å². The molecule has 2 N–H and O–H groups in total. The number of carbonyl (C=O) groups is 2. The minimum absolute atomic E-state index is 0.0668. The first kappa shape index (κ1) is 17.3. The van der Waals surface area contributed by atoms with Crippen molar-refractivity contribution in [2.24, 2.45) is 11.7 Å². The van der Waals surface area contributed by atoms with Crippen LogP contribution in [0.1, 0.15) is 58.8 Å². The Hall–Kier alpha value is -1.10. The molecule has 2 rings (SSSR count). The average Bonchev–Trinajstić information content (AvgIpc) is 3.02.